The summed E-state index contributed by atoms with van der Waals surface area (Å²) in [7, 11) is 1.89. The maximum absolute atomic E-state index is 12.5. The van der Waals surface area contributed by atoms with Gasteiger partial charge < -0.3 is 15.2 Å². The first-order valence-electron chi connectivity index (χ1n) is 7.46. The average Bonchev–Trinajstić information content (AvgIpc) is 2.62. The van der Waals surface area contributed by atoms with Crippen LogP contribution >= 0.6 is 0 Å². The zero-order valence-corrected chi connectivity index (χ0v) is 13.1. The number of pyridine rings is 1. The number of ether oxygens (including phenoxy) is 1. The van der Waals surface area contributed by atoms with E-state index in [4.69, 9.17) is 9.84 Å². The Balaban J connectivity index is 1.92. The van der Waals surface area contributed by atoms with Crippen molar-refractivity contribution in [3.05, 3.63) is 53.7 Å². The minimum absolute atomic E-state index is 0.118. The van der Waals surface area contributed by atoms with Gasteiger partial charge in [0.25, 0.3) is 0 Å². The molecule has 0 fully saturated rings. The summed E-state index contributed by atoms with van der Waals surface area (Å²) in [5.41, 5.74) is 3.11. The van der Waals surface area contributed by atoms with Gasteiger partial charge >= 0.3 is 0 Å². The lowest BCUT2D eigenvalue weighted by Crippen LogP contribution is -2.18. The van der Waals surface area contributed by atoms with Gasteiger partial charge in [-0.25, -0.2) is 4.98 Å². The van der Waals surface area contributed by atoms with Crippen LogP contribution in [0.4, 0.5) is 10.1 Å². The highest BCUT2D eigenvalue weighted by atomic mass is 18.2. The van der Waals surface area contributed by atoms with Crippen molar-refractivity contribution >= 4 is 17.8 Å². The van der Waals surface area contributed by atoms with Crippen LogP contribution < -0.4 is 10.1 Å². The van der Waals surface area contributed by atoms with Gasteiger partial charge in [0.2, 0.25) is 5.88 Å². The Labute approximate surface area is 135 Å². The molecule has 1 unspecified atom stereocenters. The zero-order valence-electron chi connectivity index (χ0n) is 13.1. The molecule has 1 atom stereocenters. The van der Waals surface area contributed by atoms with Gasteiger partial charge in [0.1, 0.15) is 0 Å². The summed E-state index contributed by atoms with van der Waals surface area (Å²) < 4.78 is 17.8. The fourth-order valence-electron chi connectivity index (χ4n) is 1.88. The Morgan fingerprint density at radius 1 is 1.17 bits per heavy atom. The first kappa shape index (κ1) is 17.0. The van der Waals surface area contributed by atoms with Gasteiger partial charge in [-0.15, -0.1) is 0 Å². The third kappa shape index (κ3) is 5.38. The molecule has 23 heavy (non-hydrogen) atoms. The van der Waals surface area contributed by atoms with E-state index in [-0.39, 0.29) is 13.2 Å². The van der Waals surface area contributed by atoms with Gasteiger partial charge in [0, 0.05) is 30.9 Å². The fraction of sp³-hybridized carbons (Fsp3) is 0.278. The van der Waals surface area contributed by atoms with Crippen molar-refractivity contribution in [1.29, 1.82) is 0 Å². The highest BCUT2D eigenvalue weighted by Gasteiger charge is 2.08. The smallest absolute Gasteiger partial charge is 0.213 e. The molecule has 0 aliphatic rings. The topological polar surface area (TPSA) is 54.4 Å². The molecule has 1 aromatic carbocycles. The monoisotopic (exact) mass is 315 g/mol. The van der Waals surface area contributed by atoms with Crippen LogP contribution in [0.5, 0.6) is 5.88 Å². The number of aliphatic hydroxyl groups excluding tert-OH is 1. The summed E-state index contributed by atoms with van der Waals surface area (Å²) in [4.78, 5) is 4.17. The summed E-state index contributed by atoms with van der Waals surface area (Å²) in [5, 5.41) is 12.0. The average molecular weight is 315 g/mol. The lowest BCUT2D eigenvalue weighted by atomic mass is 10.1. The Morgan fingerprint density at radius 3 is 2.43 bits per heavy atom. The Bertz CT molecular complexity index is 608. The molecule has 0 aliphatic carbocycles. The molecule has 2 rings (SSSR count). The third-order valence-electron chi connectivity index (χ3n) is 3.37. The second-order valence-corrected chi connectivity index (χ2v) is 5.15. The molecule has 0 radical (unpaired) electrons. The second kappa shape index (κ2) is 8.90. The van der Waals surface area contributed by atoms with E-state index in [0.29, 0.717) is 5.88 Å². The van der Waals surface area contributed by atoms with E-state index in [9.17, 15) is 4.39 Å². The Kier molecular flexibility index (Phi) is 6.56. The van der Waals surface area contributed by atoms with Gasteiger partial charge in [-0.1, -0.05) is 24.3 Å². The molecule has 0 amide bonds. The summed E-state index contributed by atoms with van der Waals surface area (Å²) in [5.74, 6) is -0.0793. The molecule has 0 saturated carbocycles. The van der Waals surface area contributed by atoms with Crippen LogP contribution in [-0.2, 0) is 0 Å². The molecular weight excluding hydrogens is 294 g/mol. The summed E-state index contributed by atoms with van der Waals surface area (Å²) in [6.07, 6.45) is 5.66. The number of rotatable bonds is 8. The molecule has 0 aliphatic heterocycles. The fourth-order valence-corrected chi connectivity index (χ4v) is 1.88. The van der Waals surface area contributed by atoms with Gasteiger partial charge in [-0.2, -0.15) is 0 Å². The molecule has 0 saturated heterocycles. The molecule has 4 nitrogen and oxygen atoms in total. The van der Waals surface area contributed by atoms with Crippen molar-refractivity contribution in [3.63, 3.8) is 0 Å². The molecule has 122 valence electrons. The molecule has 5 heteroatoms. The maximum atomic E-state index is 12.5. The minimum Gasteiger partial charge on any atom is -0.477 e. The first-order chi connectivity index (χ1) is 11.2. The van der Waals surface area contributed by atoms with Crippen molar-refractivity contribution < 1.29 is 14.2 Å². The van der Waals surface area contributed by atoms with Crippen molar-refractivity contribution in [2.75, 3.05) is 32.3 Å². The second-order valence-electron chi connectivity index (χ2n) is 5.15. The van der Waals surface area contributed by atoms with E-state index in [1.807, 2.05) is 49.5 Å². The summed E-state index contributed by atoms with van der Waals surface area (Å²) in [6, 6.07) is 11.7. The number of alkyl halides is 1. The predicted molar refractivity (Wildman–Crippen MR) is 91.2 cm³/mol. The van der Waals surface area contributed by atoms with Gasteiger partial charge in [0.05, 0.1) is 19.9 Å². The molecule has 1 aromatic heterocycles. The third-order valence-corrected chi connectivity index (χ3v) is 3.37. The van der Waals surface area contributed by atoms with Crippen LogP contribution in [0.3, 0.4) is 0 Å². The zero-order chi connectivity index (χ0) is 16.5. The highest BCUT2D eigenvalue weighted by Crippen LogP contribution is 2.14. The quantitative estimate of drug-likeness (QED) is 0.785. The number of aromatic nitrogens is 1. The van der Waals surface area contributed by atoms with E-state index in [0.717, 1.165) is 16.8 Å². The first-order valence-corrected chi connectivity index (χ1v) is 7.46. The molecule has 1 heterocycles. The molecule has 2 N–H and O–H groups in total. The van der Waals surface area contributed by atoms with Crippen molar-refractivity contribution in [3.8, 4) is 5.88 Å². The van der Waals surface area contributed by atoms with E-state index < -0.39 is 12.6 Å². The van der Waals surface area contributed by atoms with E-state index in [1.54, 1.807) is 12.3 Å². The van der Waals surface area contributed by atoms with Crippen molar-refractivity contribution in [1.82, 2.24) is 4.98 Å². The molecule has 0 spiro atoms. The van der Waals surface area contributed by atoms with Crippen molar-refractivity contribution in [2.24, 2.45) is 5.92 Å². The number of nitrogens with zero attached hydrogens (tertiary/aromatic N) is 1. The number of nitrogens with one attached hydrogen (secondary N) is 1. The standard InChI is InChI=1S/C18H21FN2O2/c1-20-17-7-4-14(5-8-17)2-3-15-6-9-18(21-11-15)23-13-16(10-19)12-22/h2-9,11,16,20,22H,10,12-13H2,1H3/b3-2+/i19-1. The van der Waals surface area contributed by atoms with E-state index >= 15 is 0 Å². The Morgan fingerprint density at radius 2 is 1.87 bits per heavy atom. The van der Waals surface area contributed by atoms with Crippen molar-refractivity contribution in [2.45, 2.75) is 0 Å². The SMILES string of the molecule is CNc1ccc(/C=C/c2ccc(OCC(CO)C[18F])nc2)cc1. The van der Waals surface area contributed by atoms with Crippen LogP contribution in [0.25, 0.3) is 12.2 Å². The largest absolute Gasteiger partial charge is 0.477 e. The minimum atomic E-state index is -0.607. The molecular formula is C18H21FN2O2. The van der Waals surface area contributed by atoms with E-state index in [2.05, 4.69) is 10.3 Å². The normalized spacial score (nSPS) is 12.3. The van der Waals surface area contributed by atoms with Crippen LogP contribution in [0.15, 0.2) is 42.6 Å². The van der Waals surface area contributed by atoms with Gasteiger partial charge in [0.15, 0.2) is 0 Å². The lowest BCUT2D eigenvalue weighted by Gasteiger charge is -2.10. The summed E-state index contributed by atoms with van der Waals surface area (Å²) >= 11 is 0. The summed E-state index contributed by atoms with van der Waals surface area (Å²) in [6.45, 7) is -0.722. The number of halogens is 1. The number of hydrogen-bond donors (Lipinski definition) is 2. The Hall–Kier alpha value is -2.40. The van der Waals surface area contributed by atoms with Gasteiger partial charge in [-0.3, -0.25) is 4.39 Å². The number of benzene rings is 1. The maximum Gasteiger partial charge on any atom is 0.213 e. The lowest BCUT2D eigenvalue weighted by molar-refractivity contribution is 0.137. The number of anilines is 1. The molecule has 2 aromatic rings. The predicted octanol–water partition coefficient (Wildman–Crippen LogP) is 3.25. The van der Waals surface area contributed by atoms with Crippen LogP contribution in [0.1, 0.15) is 11.1 Å². The van der Waals surface area contributed by atoms with Gasteiger partial charge in [-0.05, 0) is 29.3 Å². The highest BCUT2D eigenvalue weighted by molar-refractivity contribution is 5.70. The van der Waals surface area contributed by atoms with Crippen LogP contribution in [-0.4, -0.2) is 37.0 Å². The number of hydrogen-bond acceptors (Lipinski definition) is 4. The molecule has 0 bridgehead atoms. The number of aliphatic hydroxyl groups is 1. The van der Waals surface area contributed by atoms with Crippen LogP contribution in [0.2, 0.25) is 0 Å². The van der Waals surface area contributed by atoms with E-state index in [1.165, 1.54) is 0 Å². The van der Waals surface area contributed by atoms with Crippen LogP contribution in [0, 0.1) is 5.92 Å².